The Labute approximate surface area is 125 Å². The van der Waals surface area contributed by atoms with Crippen LogP contribution in [0.4, 0.5) is 0 Å². The lowest BCUT2D eigenvalue weighted by Gasteiger charge is -2.23. The summed E-state index contributed by atoms with van der Waals surface area (Å²) < 4.78 is 11.8. The Bertz CT molecular complexity index is 493. The van der Waals surface area contributed by atoms with E-state index in [2.05, 4.69) is 0 Å². The van der Waals surface area contributed by atoms with Crippen molar-refractivity contribution < 1.29 is 9.47 Å². The van der Waals surface area contributed by atoms with Crippen LogP contribution in [0.3, 0.4) is 0 Å². The maximum Gasteiger partial charge on any atom is 0.165 e. The van der Waals surface area contributed by atoms with Gasteiger partial charge in [-0.05, 0) is 44.6 Å². The van der Waals surface area contributed by atoms with Gasteiger partial charge in [-0.25, -0.2) is 0 Å². The molecular weight excluding hydrogens is 274 g/mol. The maximum atomic E-state index is 6.27. The molecule has 0 aliphatic heterocycles. The summed E-state index contributed by atoms with van der Waals surface area (Å²) in [7, 11) is 1.67. The van der Waals surface area contributed by atoms with Gasteiger partial charge in [0.25, 0.3) is 0 Å². The average Bonchev–Trinajstić information content (AvgIpc) is 3.09. The van der Waals surface area contributed by atoms with Crippen molar-refractivity contribution in [3.05, 3.63) is 22.7 Å². The van der Waals surface area contributed by atoms with Gasteiger partial charge in [-0.3, -0.25) is 0 Å². The molecule has 3 rings (SSSR count). The molecule has 0 unspecified atom stereocenters. The third-order valence-corrected chi connectivity index (χ3v) is 4.86. The topological polar surface area (TPSA) is 44.5 Å². The summed E-state index contributed by atoms with van der Waals surface area (Å²) in [5, 5.41) is 0.690. The van der Waals surface area contributed by atoms with Crippen molar-refractivity contribution in [2.45, 2.75) is 50.0 Å². The van der Waals surface area contributed by atoms with Crippen LogP contribution in [0.1, 0.15) is 44.1 Å². The second-order valence-corrected chi connectivity index (χ2v) is 6.43. The predicted molar refractivity (Wildman–Crippen MR) is 80.9 cm³/mol. The summed E-state index contributed by atoms with van der Waals surface area (Å²) in [5.74, 6) is 1.60. The molecule has 2 N–H and O–H groups in total. The van der Waals surface area contributed by atoms with Crippen molar-refractivity contribution in [3.63, 3.8) is 0 Å². The van der Waals surface area contributed by atoms with Crippen molar-refractivity contribution >= 4 is 11.6 Å². The standard InChI is InChI=1S/C16H22ClNO2/c1-19-14-9-11(17)8-13(16(10-18)6-7-16)15(14)20-12-4-2-3-5-12/h8-9,12H,2-7,10,18H2,1H3. The van der Waals surface area contributed by atoms with E-state index >= 15 is 0 Å². The molecule has 0 spiro atoms. The van der Waals surface area contributed by atoms with Crippen molar-refractivity contribution in [1.82, 2.24) is 0 Å². The number of benzene rings is 1. The van der Waals surface area contributed by atoms with Crippen LogP contribution in [-0.2, 0) is 5.41 Å². The molecule has 3 nitrogen and oxygen atoms in total. The highest BCUT2D eigenvalue weighted by Crippen LogP contribution is 2.54. The first kappa shape index (κ1) is 14.0. The molecule has 2 aliphatic carbocycles. The van der Waals surface area contributed by atoms with E-state index in [0.717, 1.165) is 42.7 Å². The molecule has 2 aliphatic rings. The number of halogens is 1. The summed E-state index contributed by atoms with van der Waals surface area (Å²) in [6.07, 6.45) is 7.26. The van der Waals surface area contributed by atoms with Crippen LogP contribution in [0.15, 0.2) is 12.1 Å². The number of nitrogens with two attached hydrogens (primary N) is 1. The van der Waals surface area contributed by atoms with E-state index in [1.165, 1.54) is 12.8 Å². The van der Waals surface area contributed by atoms with Crippen molar-refractivity contribution in [3.8, 4) is 11.5 Å². The number of hydrogen-bond donors (Lipinski definition) is 1. The number of rotatable bonds is 5. The van der Waals surface area contributed by atoms with Gasteiger partial charge in [0, 0.05) is 28.6 Å². The largest absolute Gasteiger partial charge is 0.493 e. The fourth-order valence-corrected chi connectivity index (χ4v) is 3.35. The smallest absolute Gasteiger partial charge is 0.165 e. The molecule has 110 valence electrons. The summed E-state index contributed by atoms with van der Waals surface area (Å²) in [6.45, 7) is 0.636. The lowest BCUT2D eigenvalue weighted by atomic mass is 9.94. The van der Waals surface area contributed by atoms with E-state index in [1.54, 1.807) is 7.11 Å². The zero-order valence-electron chi connectivity index (χ0n) is 12.0. The molecule has 0 saturated heterocycles. The van der Waals surface area contributed by atoms with E-state index in [9.17, 15) is 0 Å². The average molecular weight is 296 g/mol. The highest BCUT2D eigenvalue weighted by atomic mass is 35.5. The van der Waals surface area contributed by atoms with Gasteiger partial charge >= 0.3 is 0 Å². The summed E-state index contributed by atoms with van der Waals surface area (Å²) in [4.78, 5) is 0. The highest BCUT2D eigenvalue weighted by Gasteiger charge is 2.46. The molecule has 1 aromatic rings. The molecule has 2 saturated carbocycles. The van der Waals surface area contributed by atoms with Crippen molar-refractivity contribution in [1.29, 1.82) is 0 Å². The van der Waals surface area contributed by atoms with E-state index < -0.39 is 0 Å². The third-order valence-electron chi connectivity index (χ3n) is 4.64. The monoisotopic (exact) mass is 295 g/mol. The molecule has 4 heteroatoms. The zero-order chi connectivity index (χ0) is 14.2. The maximum absolute atomic E-state index is 6.27. The minimum atomic E-state index is 0.0477. The van der Waals surface area contributed by atoms with Gasteiger partial charge in [0.05, 0.1) is 13.2 Å². The fourth-order valence-electron chi connectivity index (χ4n) is 3.14. The van der Waals surface area contributed by atoms with Gasteiger partial charge < -0.3 is 15.2 Å². The number of ether oxygens (including phenoxy) is 2. The summed E-state index contributed by atoms with van der Waals surface area (Å²) >= 11 is 6.23. The van der Waals surface area contributed by atoms with Gasteiger partial charge in [0.1, 0.15) is 0 Å². The van der Waals surface area contributed by atoms with Crippen molar-refractivity contribution in [2.75, 3.05) is 13.7 Å². The van der Waals surface area contributed by atoms with Crippen LogP contribution in [0.25, 0.3) is 0 Å². The Balaban J connectivity index is 1.99. The molecular formula is C16H22ClNO2. The fraction of sp³-hybridized carbons (Fsp3) is 0.625. The van der Waals surface area contributed by atoms with Gasteiger partial charge in [0.2, 0.25) is 0 Å². The lowest BCUT2D eigenvalue weighted by molar-refractivity contribution is 0.197. The molecule has 20 heavy (non-hydrogen) atoms. The Morgan fingerprint density at radius 3 is 2.55 bits per heavy atom. The number of methoxy groups -OCH3 is 1. The Hall–Kier alpha value is -0.930. The first-order valence-corrected chi connectivity index (χ1v) is 7.81. The van der Waals surface area contributed by atoms with Crippen LogP contribution < -0.4 is 15.2 Å². The zero-order valence-corrected chi connectivity index (χ0v) is 12.7. The van der Waals surface area contributed by atoms with Crippen molar-refractivity contribution in [2.24, 2.45) is 5.73 Å². The predicted octanol–water partition coefficient (Wildman–Crippen LogP) is 3.66. The third kappa shape index (κ3) is 2.49. The van der Waals surface area contributed by atoms with Crippen LogP contribution in [0.2, 0.25) is 5.02 Å². The summed E-state index contributed by atoms with van der Waals surface area (Å²) in [6, 6.07) is 3.84. The molecule has 0 bridgehead atoms. The lowest BCUT2D eigenvalue weighted by Crippen LogP contribution is -2.22. The SMILES string of the molecule is COc1cc(Cl)cc(C2(CN)CC2)c1OC1CCCC1. The van der Waals surface area contributed by atoms with Crippen LogP contribution in [0, 0.1) is 0 Å². The van der Waals surface area contributed by atoms with E-state index in [4.69, 9.17) is 26.8 Å². The summed E-state index contributed by atoms with van der Waals surface area (Å²) in [5.41, 5.74) is 7.16. The molecule has 0 amide bonds. The Morgan fingerprint density at radius 1 is 1.30 bits per heavy atom. The Morgan fingerprint density at radius 2 is 2.00 bits per heavy atom. The molecule has 0 atom stereocenters. The van der Waals surface area contributed by atoms with Crippen LogP contribution in [0.5, 0.6) is 11.5 Å². The van der Waals surface area contributed by atoms with Crippen LogP contribution in [-0.4, -0.2) is 19.8 Å². The van der Waals surface area contributed by atoms with E-state index in [-0.39, 0.29) is 5.41 Å². The normalized spacial score (nSPS) is 20.9. The van der Waals surface area contributed by atoms with E-state index in [1.807, 2.05) is 12.1 Å². The van der Waals surface area contributed by atoms with Crippen LogP contribution >= 0.6 is 11.6 Å². The second kappa shape index (κ2) is 5.45. The van der Waals surface area contributed by atoms with Gasteiger partial charge in [0.15, 0.2) is 11.5 Å². The first-order valence-electron chi connectivity index (χ1n) is 7.43. The number of hydrogen-bond acceptors (Lipinski definition) is 3. The highest BCUT2D eigenvalue weighted by molar-refractivity contribution is 6.30. The quantitative estimate of drug-likeness (QED) is 0.901. The minimum Gasteiger partial charge on any atom is -0.493 e. The van der Waals surface area contributed by atoms with Gasteiger partial charge in [-0.15, -0.1) is 0 Å². The molecule has 0 aromatic heterocycles. The van der Waals surface area contributed by atoms with E-state index in [0.29, 0.717) is 17.7 Å². The molecule has 0 radical (unpaired) electrons. The second-order valence-electron chi connectivity index (χ2n) is 5.99. The minimum absolute atomic E-state index is 0.0477. The molecule has 1 aromatic carbocycles. The van der Waals surface area contributed by atoms with Gasteiger partial charge in [-0.1, -0.05) is 11.6 Å². The first-order chi connectivity index (χ1) is 9.68. The molecule has 2 fully saturated rings. The van der Waals surface area contributed by atoms with Gasteiger partial charge in [-0.2, -0.15) is 0 Å². The molecule has 0 heterocycles. The Kier molecular flexibility index (Phi) is 3.83.